The molecule has 116 valence electrons. The van der Waals surface area contributed by atoms with Gasteiger partial charge in [0.25, 0.3) is 0 Å². The van der Waals surface area contributed by atoms with Crippen molar-refractivity contribution in [2.45, 2.75) is 60.0 Å². The highest BCUT2D eigenvalue weighted by Gasteiger charge is 2.11. The summed E-state index contributed by atoms with van der Waals surface area (Å²) in [5, 5.41) is 8.08. The Hall–Kier alpha value is -1.20. The number of aromatic nitrogens is 3. The summed E-state index contributed by atoms with van der Waals surface area (Å²) in [5.41, 5.74) is 1.37. The molecule has 0 spiro atoms. The second kappa shape index (κ2) is 7.71. The molecule has 0 saturated heterocycles. The Labute approximate surface area is 131 Å². The van der Waals surface area contributed by atoms with Crippen molar-refractivity contribution in [2.75, 3.05) is 6.54 Å². The zero-order chi connectivity index (χ0) is 15.2. The second-order valence-corrected chi connectivity index (χ2v) is 6.62. The summed E-state index contributed by atoms with van der Waals surface area (Å²) in [6, 6.07) is 2.31. The summed E-state index contributed by atoms with van der Waals surface area (Å²) in [4.78, 5) is 7.38. The van der Waals surface area contributed by atoms with Gasteiger partial charge in [0.15, 0.2) is 5.82 Å². The van der Waals surface area contributed by atoms with Crippen LogP contribution in [0, 0.1) is 6.92 Å². The maximum Gasteiger partial charge on any atom is 0.150 e. The van der Waals surface area contributed by atoms with E-state index in [1.54, 1.807) is 0 Å². The fourth-order valence-electron chi connectivity index (χ4n) is 2.35. The first-order valence-electron chi connectivity index (χ1n) is 7.89. The van der Waals surface area contributed by atoms with Gasteiger partial charge in [-0.2, -0.15) is 5.10 Å². The molecule has 2 heterocycles. The van der Waals surface area contributed by atoms with Gasteiger partial charge in [0.2, 0.25) is 0 Å². The highest BCUT2D eigenvalue weighted by Crippen LogP contribution is 2.22. The van der Waals surface area contributed by atoms with Crippen LogP contribution < -0.4 is 5.32 Å². The lowest BCUT2D eigenvalue weighted by Crippen LogP contribution is -2.12. The predicted molar refractivity (Wildman–Crippen MR) is 88.9 cm³/mol. The Morgan fingerprint density at radius 1 is 1.24 bits per heavy atom. The third kappa shape index (κ3) is 4.14. The van der Waals surface area contributed by atoms with Gasteiger partial charge in [-0.1, -0.05) is 20.8 Å². The van der Waals surface area contributed by atoms with Crippen molar-refractivity contribution in [3.8, 4) is 0 Å². The van der Waals surface area contributed by atoms with Crippen molar-refractivity contribution in [1.29, 1.82) is 0 Å². The van der Waals surface area contributed by atoms with E-state index in [-0.39, 0.29) is 0 Å². The van der Waals surface area contributed by atoms with E-state index in [4.69, 9.17) is 0 Å². The van der Waals surface area contributed by atoms with Crippen molar-refractivity contribution in [2.24, 2.45) is 0 Å². The van der Waals surface area contributed by atoms with Gasteiger partial charge in [-0.25, -0.2) is 9.67 Å². The first-order valence-corrected chi connectivity index (χ1v) is 8.71. The maximum absolute atomic E-state index is 4.62. The lowest BCUT2D eigenvalue weighted by Gasteiger charge is -2.03. The molecule has 0 aliphatic rings. The van der Waals surface area contributed by atoms with Crippen LogP contribution in [0.25, 0.3) is 0 Å². The first-order chi connectivity index (χ1) is 10.2. The van der Waals surface area contributed by atoms with Gasteiger partial charge in [-0.3, -0.25) is 0 Å². The molecule has 0 aromatic carbocycles. The summed E-state index contributed by atoms with van der Waals surface area (Å²) >= 11 is 1.89. The molecule has 0 atom stereocenters. The van der Waals surface area contributed by atoms with E-state index in [0.29, 0.717) is 0 Å². The monoisotopic (exact) mass is 306 g/mol. The molecule has 4 nitrogen and oxygen atoms in total. The average molecular weight is 306 g/mol. The minimum atomic E-state index is 0.840. The van der Waals surface area contributed by atoms with Crippen molar-refractivity contribution < 1.29 is 0 Å². The van der Waals surface area contributed by atoms with E-state index in [0.717, 1.165) is 44.1 Å². The summed E-state index contributed by atoms with van der Waals surface area (Å²) in [6.07, 6.45) is 3.01. The molecule has 1 N–H and O–H groups in total. The molecule has 2 aromatic rings. The Morgan fingerprint density at radius 2 is 2.05 bits per heavy atom. The van der Waals surface area contributed by atoms with E-state index in [2.05, 4.69) is 53.8 Å². The Morgan fingerprint density at radius 3 is 2.71 bits per heavy atom. The Balaban J connectivity index is 2.10. The first kappa shape index (κ1) is 16.2. The van der Waals surface area contributed by atoms with Crippen molar-refractivity contribution in [1.82, 2.24) is 20.1 Å². The zero-order valence-electron chi connectivity index (χ0n) is 13.6. The van der Waals surface area contributed by atoms with Crippen molar-refractivity contribution in [3.63, 3.8) is 0 Å². The van der Waals surface area contributed by atoms with Gasteiger partial charge in [-0.05, 0) is 31.5 Å². The topological polar surface area (TPSA) is 42.7 Å². The SMILES string of the molecule is CCCNCc1cc(Cn2nc(CC)nc2CC)c(C)s1. The van der Waals surface area contributed by atoms with Crippen LogP contribution in [0.4, 0.5) is 0 Å². The van der Waals surface area contributed by atoms with Gasteiger partial charge in [0.1, 0.15) is 5.82 Å². The number of thiophene rings is 1. The number of nitrogens with zero attached hydrogens (tertiary/aromatic N) is 3. The van der Waals surface area contributed by atoms with Gasteiger partial charge in [0.05, 0.1) is 6.54 Å². The molecule has 5 heteroatoms. The van der Waals surface area contributed by atoms with E-state index in [1.807, 2.05) is 11.3 Å². The van der Waals surface area contributed by atoms with Crippen LogP contribution in [0.15, 0.2) is 6.07 Å². The smallest absolute Gasteiger partial charge is 0.150 e. The molecule has 2 rings (SSSR count). The largest absolute Gasteiger partial charge is 0.312 e. The molecule has 0 amide bonds. The maximum atomic E-state index is 4.62. The molecule has 21 heavy (non-hydrogen) atoms. The minimum absolute atomic E-state index is 0.840. The molecule has 0 saturated carbocycles. The zero-order valence-corrected chi connectivity index (χ0v) is 14.4. The molecule has 0 aliphatic carbocycles. The average Bonchev–Trinajstić information content (AvgIpc) is 3.03. The Bertz CT molecular complexity index is 571. The van der Waals surface area contributed by atoms with Gasteiger partial charge in [-0.15, -0.1) is 11.3 Å². The summed E-state index contributed by atoms with van der Waals surface area (Å²) in [7, 11) is 0. The molecular weight excluding hydrogens is 280 g/mol. The molecule has 0 radical (unpaired) electrons. The quantitative estimate of drug-likeness (QED) is 0.761. The highest BCUT2D eigenvalue weighted by molar-refractivity contribution is 7.12. The predicted octanol–water partition coefficient (Wildman–Crippen LogP) is 3.32. The van der Waals surface area contributed by atoms with E-state index in [9.17, 15) is 0 Å². The molecule has 2 aromatic heterocycles. The standard InChI is InChI=1S/C16H26N4S/c1-5-8-17-10-14-9-13(12(4)21-14)11-20-16(7-3)18-15(6-2)19-20/h9,17H,5-8,10-11H2,1-4H3. The third-order valence-electron chi connectivity index (χ3n) is 3.54. The molecule has 0 unspecified atom stereocenters. The number of aryl methyl sites for hydroxylation is 3. The van der Waals surface area contributed by atoms with Crippen LogP contribution in [0.1, 0.15) is 54.2 Å². The van der Waals surface area contributed by atoms with Gasteiger partial charge < -0.3 is 5.32 Å². The summed E-state index contributed by atoms with van der Waals surface area (Å²) in [5.74, 6) is 2.03. The van der Waals surface area contributed by atoms with Crippen LogP contribution in [-0.4, -0.2) is 21.3 Å². The van der Waals surface area contributed by atoms with Crippen LogP contribution in [0.3, 0.4) is 0 Å². The summed E-state index contributed by atoms with van der Waals surface area (Å²) in [6.45, 7) is 11.5. The second-order valence-electron chi connectivity index (χ2n) is 5.28. The summed E-state index contributed by atoms with van der Waals surface area (Å²) < 4.78 is 2.07. The number of nitrogens with one attached hydrogen (secondary N) is 1. The van der Waals surface area contributed by atoms with Crippen LogP contribution in [0.5, 0.6) is 0 Å². The molecular formula is C16H26N4S. The van der Waals surface area contributed by atoms with Crippen LogP contribution >= 0.6 is 11.3 Å². The lowest BCUT2D eigenvalue weighted by atomic mass is 10.2. The minimum Gasteiger partial charge on any atom is -0.312 e. The highest BCUT2D eigenvalue weighted by atomic mass is 32.1. The number of hydrogen-bond donors (Lipinski definition) is 1. The van der Waals surface area contributed by atoms with Crippen molar-refractivity contribution in [3.05, 3.63) is 33.0 Å². The van der Waals surface area contributed by atoms with Crippen molar-refractivity contribution >= 4 is 11.3 Å². The Kier molecular flexibility index (Phi) is 5.94. The van der Waals surface area contributed by atoms with Gasteiger partial charge >= 0.3 is 0 Å². The van der Waals surface area contributed by atoms with E-state index < -0.39 is 0 Å². The number of hydrogen-bond acceptors (Lipinski definition) is 4. The molecule has 0 fully saturated rings. The van der Waals surface area contributed by atoms with Gasteiger partial charge in [0, 0.05) is 29.1 Å². The third-order valence-corrected chi connectivity index (χ3v) is 4.64. The van der Waals surface area contributed by atoms with Crippen LogP contribution in [0.2, 0.25) is 0 Å². The molecule has 0 aliphatic heterocycles. The molecule has 0 bridgehead atoms. The van der Waals surface area contributed by atoms with E-state index in [1.165, 1.54) is 21.7 Å². The normalized spacial score (nSPS) is 11.2. The lowest BCUT2D eigenvalue weighted by molar-refractivity contribution is 0.635. The fourth-order valence-corrected chi connectivity index (χ4v) is 3.37. The fraction of sp³-hybridized carbons (Fsp3) is 0.625. The van der Waals surface area contributed by atoms with Crippen LogP contribution in [-0.2, 0) is 25.9 Å². The number of rotatable bonds is 8. The van der Waals surface area contributed by atoms with E-state index >= 15 is 0 Å².